The first-order valence-electron chi connectivity index (χ1n) is 11.0. The summed E-state index contributed by atoms with van der Waals surface area (Å²) in [6.07, 6.45) is 1.06. The first kappa shape index (κ1) is 26.1. The summed E-state index contributed by atoms with van der Waals surface area (Å²) < 4.78 is 0. The van der Waals surface area contributed by atoms with Crippen molar-refractivity contribution in [1.82, 2.24) is 4.90 Å². The van der Waals surface area contributed by atoms with Crippen LogP contribution in [-0.2, 0) is 10.2 Å². The molecule has 1 saturated heterocycles. The molecule has 1 heterocycles. The average Bonchev–Trinajstić information content (AvgIpc) is 3.21. The molecule has 2 aromatic rings. The highest BCUT2D eigenvalue weighted by Gasteiger charge is 2.47. The Kier molecular flexibility index (Phi) is 13.1. The molecule has 0 aliphatic carbocycles. The van der Waals surface area contributed by atoms with Gasteiger partial charge in [-0.2, -0.15) is 0 Å². The largest absolute Gasteiger partial charge is 0.306 e. The minimum Gasteiger partial charge on any atom is -0.306 e. The summed E-state index contributed by atoms with van der Waals surface area (Å²) >= 11 is 0. The molecule has 1 atom stereocenters. The lowest BCUT2D eigenvalue weighted by molar-refractivity contribution is -0.122. The van der Waals surface area contributed by atoms with Gasteiger partial charge in [-0.1, -0.05) is 102 Å². The van der Waals surface area contributed by atoms with Crippen molar-refractivity contribution in [3.05, 3.63) is 71.8 Å². The maximum Gasteiger partial charge on any atom is 0.145 e. The van der Waals surface area contributed by atoms with Crippen LogP contribution in [-0.4, -0.2) is 30.8 Å². The van der Waals surface area contributed by atoms with E-state index in [4.69, 9.17) is 0 Å². The van der Waals surface area contributed by atoms with Crippen LogP contribution in [0.25, 0.3) is 0 Å². The summed E-state index contributed by atoms with van der Waals surface area (Å²) in [7, 11) is 2.14. The zero-order chi connectivity index (χ0) is 21.6. The summed E-state index contributed by atoms with van der Waals surface area (Å²) in [4.78, 5) is 15.3. The van der Waals surface area contributed by atoms with Gasteiger partial charge in [0, 0.05) is 6.54 Å². The summed E-state index contributed by atoms with van der Waals surface area (Å²) in [5.41, 5.74) is 1.70. The van der Waals surface area contributed by atoms with Crippen LogP contribution >= 0.6 is 0 Å². The Labute approximate surface area is 174 Å². The molecule has 2 aromatic carbocycles. The van der Waals surface area contributed by atoms with E-state index < -0.39 is 5.41 Å². The number of rotatable bonds is 4. The standard InChI is InChI=1S/C20H23NO.3C2H6/c1-16(22)20(17-9-5-3-6-10-17,18-11-7-4-8-12-18)19-13-14-21(2)15-19;3*1-2/h3-12,19H,13-15H2,1-2H3;3*1-2H3. The Balaban J connectivity index is 0.00000111. The van der Waals surface area contributed by atoms with Crippen LogP contribution in [0.15, 0.2) is 60.7 Å². The molecule has 28 heavy (non-hydrogen) atoms. The smallest absolute Gasteiger partial charge is 0.145 e. The molecule has 0 N–H and O–H groups in total. The number of hydrogen-bond donors (Lipinski definition) is 0. The van der Waals surface area contributed by atoms with E-state index in [1.54, 1.807) is 6.92 Å². The van der Waals surface area contributed by atoms with E-state index in [1.165, 1.54) is 0 Å². The van der Waals surface area contributed by atoms with Gasteiger partial charge in [0.25, 0.3) is 0 Å². The molecule has 3 rings (SSSR count). The van der Waals surface area contributed by atoms with Crippen LogP contribution in [0.1, 0.15) is 66.0 Å². The fourth-order valence-corrected chi connectivity index (χ4v) is 4.02. The highest BCUT2D eigenvalue weighted by molar-refractivity contribution is 5.92. The molecule has 2 nitrogen and oxygen atoms in total. The lowest BCUT2D eigenvalue weighted by Gasteiger charge is -2.38. The van der Waals surface area contributed by atoms with Gasteiger partial charge in [-0.05, 0) is 44.0 Å². The summed E-state index contributed by atoms with van der Waals surface area (Å²) in [6, 6.07) is 20.6. The highest BCUT2D eigenvalue weighted by Crippen LogP contribution is 2.44. The van der Waals surface area contributed by atoms with Crippen LogP contribution in [0.5, 0.6) is 0 Å². The van der Waals surface area contributed by atoms with Gasteiger partial charge < -0.3 is 4.90 Å². The number of ketones is 1. The zero-order valence-electron chi connectivity index (χ0n) is 19.3. The maximum atomic E-state index is 12.9. The number of benzene rings is 2. The van der Waals surface area contributed by atoms with Crippen molar-refractivity contribution in [3.8, 4) is 0 Å². The Bertz CT molecular complexity index is 596. The number of carbonyl (C=O) groups is 1. The molecule has 0 radical (unpaired) electrons. The Hall–Kier alpha value is -1.93. The lowest BCUT2D eigenvalue weighted by atomic mass is 9.63. The third-order valence-corrected chi connectivity index (χ3v) is 5.02. The molecule has 0 saturated carbocycles. The molecule has 0 aromatic heterocycles. The van der Waals surface area contributed by atoms with Gasteiger partial charge in [0.05, 0.1) is 5.41 Å². The lowest BCUT2D eigenvalue weighted by Crippen LogP contribution is -2.44. The molecule has 1 aliphatic rings. The highest BCUT2D eigenvalue weighted by atomic mass is 16.1. The van der Waals surface area contributed by atoms with Gasteiger partial charge in [0.2, 0.25) is 0 Å². The summed E-state index contributed by atoms with van der Waals surface area (Å²) in [5, 5.41) is 0. The number of carbonyl (C=O) groups excluding carboxylic acids is 1. The number of hydrogen-bond acceptors (Lipinski definition) is 2. The van der Waals surface area contributed by atoms with Crippen molar-refractivity contribution >= 4 is 5.78 Å². The van der Waals surface area contributed by atoms with Gasteiger partial charge in [-0.25, -0.2) is 0 Å². The van der Waals surface area contributed by atoms with Crippen LogP contribution in [0.2, 0.25) is 0 Å². The number of nitrogens with zero attached hydrogens (tertiary/aromatic N) is 1. The van der Waals surface area contributed by atoms with E-state index in [-0.39, 0.29) is 5.78 Å². The molecule has 156 valence electrons. The van der Waals surface area contributed by atoms with Crippen molar-refractivity contribution in [1.29, 1.82) is 0 Å². The van der Waals surface area contributed by atoms with Crippen molar-refractivity contribution < 1.29 is 4.79 Å². The van der Waals surface area contributed by atoms with Gasteiger partial charge in [-0.15, -0.1) is 0 Å². The second kappa shape index (κ2) is 14.1. The second-order valence-corrected chi connectivity index (χ2v) is 6.34. The van der Waals surface area contributed by atoms with Crippen LogP contribution in [0, 0.1) is 5.92 Å². The van der Waals surface area contributed by atoms with E-state index in [0.717, 1.165) is 30.6 Å². The van der Waals surface area contributed by atoms with Gasteiger partial charge in [0.1, 0.15) is 5.78 Å². The molecule has 1 fully saturated rings. The third-order valence-electron chi connectivity index (χ3n) is 5.02. The van der Waals surface area contributed by atoms with Crippen LogP contribution in [0.4, 0.5) is 0 Å². The first-order chi connectivity index (χ1) is 13.7. The average molecular weight is 384 g/mol. The monoisotopic (exact) mass is 383 g/mol. The van der Waals surface area contributed by atoms with Crippen molar-refractivity contribution in [2.24, 2.45) is 5.92 Å². The van der Waals surface area contributed by atoms with Crippen LogP contribution in [0.3, 0.4) is 0 Å². The normalized spacial score (nSPS) is 15.8. The second-order valence-electron chi connectivity index (χ2n) is 6.34. The van der Waals surface area contributed by atoms with Crippen molar-refractivity contribution in [3.63, 3.8) is 0 Å². The van der Waals surface area contributed by atoms with E-state index in [1.807, 2.05) is 77.9 Å². The topological polar surface area (TPSA) is 20.3 Å². The zero-order valence-corrected chi connectivity index (χ0v) is 19.3. The Morgan fingerprint density at radius 3 is 1.50 bits per heavy atom. The number of likely N-dealkylation sites (tertiary alicyclic amines) is 1. The molecule has 2 heteroatoms. The van der Waals surface area contributed by atoms with E-state index in [0.29, 0.717) is 5.92 Å². The predicted molar refractivity (Wildman–Crippen MR) is 124 cm³/mol. The molecular weight excluding hydrogens is 342 g/mol. The van der Waals surface area contributed by atoms with Gasteiger partial charge in [-0.3, -0.25) is 4.79 Å². The Morgan fingerprint density at radius 2 is 1.21 bits per heavy atom. The Morgan fingerprint density at radius 1 is 0.821 bits per heavy atom. The van der Waals surface area contributed by atoms with Crippen LogP contribution < -0.4 is 0 Å². The SMILES string of the molecule is CC.CC.CC.CC(=O)C(c1ccccc1)(c1ccccc1)C1CCN(C)C1. The van der Waals surface area contributed by atoms with Gasteiger partial charge in [0.15, 0.2) is 0 Å². The number of Topliss-reactive ketones (excluding diaryl/α,β-unsaturated/α-hetero) is 1. The predicted octanol–water partition coefficient (Wildman–Crippen LogP) is 6.59. The molecular formula is C26H41NO. The van der Waals surface area contributed by atoms with E-state index >= 15 is 0 Å². The minimum absolute atomic E-state index is 0.241. The summed E-state index contributed by atoms with van der Waals surface area (Å²) in [6.45, 7) is 15.8. The quantitative estimate of drug-likeness (QED) is 0.593. The van der Waals surface area contributed by atoms with Crippen molar-refractivity contribution in [2.45, 2.75) is 60.3 Å². The molecule has 0 amide bonds. The first-order valence-corrected chi connectivity index (χ1v) is 11.0. The molecule has 1 aliphatic heterocycles. The molecule has 0 bridgehead atoms. The summed E-state index contributed by atoms with van der Waals surface area (Å²) in [5.74, 6) is 0.560. The van der Waals surface area contributed by atoms with Crippen molar-refractivity contribution in [2.75, 3.05) is 20.1 Å². The van der Waals surface area contributed by atoms with E-state index in [9.17, 15) is 4.79 Å². The fourth-order valence-electron chi connectivity index (χ4n) is 4.02. The minimum atomic E-state index is -0.534. The molecule has 1 unspecified atom stereocenters. The molecule has 0 spiro atoms. The third kappa shape index (κ3) is 5.78. The van der Waals surface area contributed by atoms with E-state index in [2.05, 4.69) is 36.2 Å². The van der Waals surface area contributed by atoms with Gasteiger partial charge >= 0.3 is 0 Å². The fraction of sp³-hybridized carbons (Fsp3) is 0.500. The maximum absolute atomic E-state index is 12.9.